The number of nitrogens with one attached hydrogen (secondary N) is 1. The Bertz CT molecular complexity index is 1080. The average molecular weight is 382 g/mol. The minimum absolute atomic E-state index is 0.0273. The van der Waals surface area contributed by atoms with Crippen LogP contribution in [0, 0.1) is 0 Å². The van der Waals surface area contributed by atoms with Crippen LogP contribution in [0.5, 0.6) is 0 Å². The molecule has 144 valence electrons. The van der Waals surface area contributed by atoms with Crippen molar-refractivity contribution >= 4 is 17.5 Å². The number of fused-ring (bicyclic) bond motifs is 5. The highest BCUT2D eigenvalue weighted by atomic mass is 16.2. The van der Waals surface area contributed by atoms with E-state index < -0.39 is 6.04 Å². The zero-order valence-corrected chi connectivity index (χ0v) is 16.0. The molecule has 3 aromatic carbocycles. The van der Waals surface area contributed by atoms with Crippen molar-refractivity contribution in [3.63, 3.8) is 0 Å². The van der Waals surface area contributed by atoms with Gasteiger partial charge in [-0.05, 0) is 34.7 Å². The van der Waals surface area contributed by atoms with Gasteiger partial charge in [-0.2, -0.15) is 0 Å². The molecular formula is C25H22N2O2. The Kier molecular flexibility index (Phi) is 4.39. The van der Waals surface area contributed by atoms with Crippen molar-refractivity contribution in [1.82, 2.24) is 5.32 Å². The molecule has 0 aromatic heterocycles. The highest BCUT2D eigenvalue weighted by Gasteiger charge is 2.44. The van der Waals surface area contributed by atoms with Gasteiger partial charge >= 0.3 is 0 Å². The molecule has 2 heterocycles. The molecule has 0 saturated carbocycles. The monoisotopic (exact) mass is 382 g/mol. The Morgan fingerprint density at radius 2 is 1.59 bits per heavy atom. The maximum absolute atomic E-state index is 13.4. The van der Waals surface area contributed by atoms with E-state index >= 15 is 0 Å². The summed E-state index contributed by atoms with van der Waals surface area (Å²) in [5.41, 5.74) is 5.47. The Hall–Kier alpha value is -3.40. The Morgan fingerprint density at radius 3 is 2.41 bits per heavy atom. The Morgan fingerprint density at radius 1 is 0.897 bits per heavy atom. The molecule has 2 aliphatic rings. The van der Waals surface area contributed by atoms with Crippen molar-refractivity contribution in [3.05, 3.63) is 101 Å². The quantitative estimate of drug-likeness (QED) is 0.749. The summed E-state index contributed by atoms with van der Waals surface area (Å²) in [4.78, 5) is 27.9. The predicted octanol–water partition coefficient (Wildman–Crippen LogP) is 3.80. The predicted molar refractivity (Wildman–Crippen MR) is 113 cm³/mol. The Balaban J connectivity index is 1.45. The van der Waals surface area contributed by atoms with Gasteiger partial charge in [-0.1, -0.05) is 72.8 Å². The normalized spacial score (nSPS) is 19.7. The van der Waals surface area contributed by atoms with Crippen molar-refractivity contribution in [2.45, 2.75) is 31.3 Å². The van der Waals surface area contributed by atoms with E-state index in [1.807, 2.05) is 65.6 Å². The van der Waals surface area contributed by atoms with E-state index in [1.54, 1.807) is 0 Å². The lowest BCUT2D eigenvalue weighted by Crippen LogP contribution is -2.42. The maximum Gasteiger partial charge on any atom is 0.250 e. The van der Waals surface area contributed by atoms with Crippen molar-refractivity contribution in [1.29, 1.82) is 0 Å². The molecule has 0 bridgehead atoms. The van der Waals surface area contributed by atoms with Crippen LogP contribution < -0.4 is 10.2 Å². The first-order chi connectivity index (χ1) is 14.2. The molecule has 2 aliphatic heterocycles. The molecular weight excluding hydrogens is 360 g/mol. The second-order valence-electron chi connectivity index (χ2n) is 7.75. The maximum atomic E-state index is 13.4. The first kappa shape index (κ1) is 17.7. The van der Waals surface area contributed by atoms with E-state index in [0.717, 1.165) is 23.2 Å². The van der Waals surface area contributed by atoms with Crippen LogP contribution in [0.15, 0.2) is 78.9 Å². The molecule has 0 spiro atoms. The number of amides is 2. The minimum atomic E-state index is -0.504. The van der Waals surface area contributed by atoms with Crippen molar-refractivity contribution < 1.29 is 9.59 Å². The van der Waals surface area contributed by atoms with Gasteiger partial charge in [-0.3, -0.25) is 9.59 Å². The summed E-state index contributed by atoms with van der Waals surface area (Å²) < 4.78 is 0. The summed E-state index contributed by atoms with van der Waals surface area (Å²) in [5.74, 6) is -0.144. The third-order valence-corrected chi connectivity index (χ3v) is 5.90. The van der Waals surface area contributed by atoms with E-state index in [0.29, 0.717) is 6.42 Å². The van der Waals surface area contributed by atoms with Crippen molar-refractivity contribution in [2.24, 2.45) is 0 Å². The number of rotatable bonds is 3. The molecule has 0 radical (unpaired) electrons. The number of para-hydroxylation sites is 1. The lowest BCUT2D eigenvalue weighted by atomic mass is 9.95. The van der Waals surface area contributed by atoms with Crippen LogP contribution >= 0.6 is 0 Å². The van der Waals surface area contributed by atoms with E-state index in [-0.39, 0.29) is 24.3 Å². The average Bonchev–Trinajstić information content (AvgIpc) is 2.97. The van der Waals surface area contributed by atoms with Gasteiger partial charge < -0.3 is 10.2 Å². The van der Waals surface area contributed by atoms with Crippen molar-refractivity contribution in [2.75, 3.05) is 4.90 Å². The largest absolute Gasteiger partial charge is 0.344 e. The summed E-state index contributed by atoms with van der Waals surface area (Å²) in [6.45, 7) is 0. The molecule has 2 amide bonds. The van der Waals surface area contributed by atoms with Gasteiger partial charge in [0.2, 0.25) is 11.8 Å². The van der Waals surface area contributed by atoms with Gasteiger partial charge in [-0.25, -0.2) is 0 Å². The Labute approximate surface area is 170 Å². The van der Waals surface area contributed by atoms with Crippen LogP contribution in [0.4, 0.5) is 5.69 Å². The van der Waals surface area contributed by atoms with Crippen LogP contribution in [0.25, 0.3) is 0 Å². The van der Waals surface area contributed by atoms with Gasteiger partial charge in [-0.15, -0.1) is 0 Å². The lowest BCUT2D eigenvalue weighted by Gasteiger charge is -2.25. The van der Waals surface area contributed by atoms with Gasteiger partial charge in [0, 0.05) is 12.1 Å². The number of carbonyl (C=O) groups is 2. The second-order valence-corrected chi connectivity index (χ2v) is 7.75. The molecule has 2 atom stereocenters. The van der Waals surface area contributed by atoms with Crippen LogP contribution in [0.1, 0.15) is 34.7 Å². The molecule has 5 rings (SSSR count). The summed E-state index contributed by atoms with van der Waals surface area (Å²) in [6, 6.07) is 25.5. The van der Waals surface area contributed by atoms with Gasteiger partial charge in [0.25, 0.3) is 0 Å². The third-order valence-electron chi connectivity index (χ3n) is 5.90. The molecule has 4 heteroatoms. The number of carbonyl (C=O) groups excluding carboxylic acids is 2. The van der Waals surface area contributed by atoms with Gasteiger partial charge in [0.15, 0.2) is 0 Å². The van der Waals surface area contributed by atoms with Crippen LogP contribution in [0.2, 0.25) is 0 Å². The molecule has 2 unspecified atom stereocenters. The van der Waals surface area contributed by atoms with Gasteiger partial charge in [0.05, 0.1) is 12.5 Å². The zero-order valence-electron chi connectivity index (χ0n) is 16.0. The van der Waals surface area contributed by atoms with E-state index in [9.17, 15) is 9.59 Å². The topological polar surface area (TPSA) is 49.4 Å². The fourth-order valence-electron chi connectivity index (χ4n) is 4.57. The number of anilines is 1. The highest BCUT2D eigenvalue weighted by molar-refractivity contribution is 6.03. The SMILES string of the molecule is O=C(Cc1ccccc1)NC1CC2c3ccccc3Cc3ccccc3N2C1=O. The fourth-order valence-corrected chi connectivity index (χ4v) is 4.57. The lowest BCUT2D eigenvalue weighted by molar-refractivity contribution is -0.126. The van der Waals surface area contributed by atoms with E-state index in [2.05, 4.69) is 23.5 Å². The van der Waals surface area contributed by atoms with E-state index in [4.69, 9.17) is 0 Å². The van der Waals surface area contributed by atoms with E-state index in [1.165, 1.54) is 11.1 Å². The standard InChI is InChI=1S/C25H22N2O2/c28-24(14-17-8-2-1-3-9-17)26-21-16-23-20-12-6-4-10-18(20)15-19-11-5-7-13-22(19)27(23)25(21)29/h1-13,21,23H,14-16H2,(H,26,28). The summed E-state index contributed by atoms with van der Waals surface area (Å²) in [5, 5.41) is 2.99. The molecule has 3 aromatic rings. The molecule has 0 aliphatic carbocycles. The van der Waals surface area contributed by atoms with Crippen LogP contribution in [-0.4, -0.2) is 17.9 Å². The molecule has 1 saturated heterocycles. The number of benzene rings is 3. The number of hydrogen-bond acceptors (Lipinski definition) is 2. The zero-order chi connectivity index (χ0) is 19.8. The first-order valence-electron chi connectivity index (χ1n) is 10.0. The molecule has 1 fully saturated rings. The third kappa shape index (κ3) is 3.21. The molecule has 1 N–H and O–H groups in total. The van der Waals surface area contributed by atoms with Crippen LogP contribution in [0.3, 0.4) is 0 Å². The summed E-state index contributed by atoms with van der Waals surface area (Å²) in [7, 11) is 0. The highest BCUT2D eigenvalue weighted by Crippen LogP contribution is 2.43. The second kappa shape index (κ2) is 7.21. The van der Waals surface area contributed by atoms with Crippen molar-refractivity contribution in [3.8, 4) is 0 Å². The minimum Gasteiger partial charge on any atom is -0.344 e. The molecule has 4 nitrogen and oxygen atoms in total. The molecule has 29 heavy (non-hydrogen) atoms. The number of nitrogens with zero attached hydrogens (tertiary/aromatic N) is 1. The first-order valence-corrected chi connectivity index (χ1v) is 10.0. The fraction of sp³-hybridized carbons (Fsp3) is 0.200. The smallest absolute Gasteiger partial charge is 0.250 e. The number of hydrogen-bond donors (Lipinski definition) is 1. The van der Waals surface area contributed by atoms with Gasteiger partial charge in [0.1, 0.15) is 6.04 Å². The summed E-state index contributed by atoms with van der Waals surface area (Å²) in [6.07, 6.45) is 1.69. The van der Waals surface area contributed by atoms with Crippen LogP contribution in [-0.2, 0) is 22.4 Å². The summed E-state index contributed by atoms with van der Waals surface area (Å²) >= 11 is 0.